The van der Waals surface area contributed by atoms with Crippen LogP contribution in [0.25, 0.3) is 0 Å². The van der Waals surface area contributed by atoms with Gasteiger partial charge in [0.15, 0.2) is 0 Å². The van der Waals surface area contributed by atoms with E-state index in [2.05, 4.69) is 24.5 Å². The lowest BCUT2D eigenvalue weighted by Gasteiger charge is -2.14. The largest absolute Gasteiger partial charge is 0.480 e. The molecular weight excluding hydrogens is 280 g/mol. The number of aliphatic carboxylic acids is 1. The Bertz CT molecular complexity index is 288. The molecule has 0 aliphatic carbocycles. The number of rotatable bonds is 11. The Morgan fingerprint density at radius 2 is 2.05 bits per heavy atom. The minimum atomic E-state index is -1.01. The molecule has 0 spiro atoms. The molecule has 118 valence electrons. The zero-order chi connectivity index (χ0) is 15.4. The van der Waals surface area contributed by atoms with Crippen LogP contribution >= 0.6 is 11.8 Å². The summed E-state index contributed by atoms with van der Waals surface area (Å²) in [7, 11) is 0. The van der Waals surface area contributed by atoms with Gasteiger partial charge in [0.2, 0.25) is 0 Å². The second-order valence-corrected chi connectivity index (χ2v) is 5.88. The first-order chi connectivity index (χ1) is 9.47. The zero-order valence-corrected chi connectivity index (χ0v) is 13.3. The number of carbonyl (C=O) groups excluding carboxylic acids is 1. The molecule has 0 aliphatic heterocycles. The number of hydrogen-bond donors (Lipinski definition) is 3. The van der Waals surface area contributed by atoms with Crippen molar-refractivity contribution < 1.29 is 19.4 Å². The van der Waals surface area contributed by atoms with Crippen LogP contribution in [0.4, 0.5) is 4.79 Å². The minimum absolute atomic E-state index is 0.418. The predicted molar refractivity (Wildman–Crippen MR) is 81.2 cm³/mol. The smallest absolute Gasteiger partial charge is 0.326 e. The van der Waals surface area contributed by atoms with Gasteiger partial charge in [-0.1, -0.05) is 13.8 Å². The highest BCUT2D eigenvalue weighted by Gasteiger charge is 2.18. The fourth-order valence-corrected chi connectivity index (χ4v) is 1.87. The Labute approximate surface area is 125 Å². The topological polar surface area (TPSA) is 87.7 Å². The first kappa shape index (κ1) is 19.1. The molecule has 0 aliphatic rings. The van der Waals surface area contributed by atoms with Gasteiger partial charge < -0.3 is 20.5 Å². The van der Waals surface area contributed by atoms with Crippen molar-refractivity contribution in [1.82, 2.24) is 10.6 Å². The monoisotopic (exact) mass is 306 g/mol. The summed E-state index contributed by atoms with van der Waals surface area (Å²) in [5.41, 5.74) is 0. The third-order valence-electron chi connectivity index (χ3n) is 2.42. The van der Waals surface area contributed by atoms with Crippen molar-refractivity contribution >= 4 is 23.8 Å². The molecule has 0 bridgehead atoms. The molecule has 0 rings (SSSR count). The van der Waals surface area contributed by atoms with Crippen molar-refractivity contribution in [3.8, 4) is 0 Å². The molecule has 2 amide bonds. The number of amides is 2. The van der Waals surface area contributed by atoms with E-state index in [1.54, 1.807) is 11.8 Å². The molecule has 0 aromatic rings. The second kappa shape index (κ2) is 11.8. The van der Waals surface area contributed by atoms with E-state index < -0.39 is 18.0 Å². The van der Waals surface area contributed by atoms with E-state index in [4.69, 9.17) is 9.84 Å². The molecule has 0 radical (unpaired) electrons. The van der Waals surface area contributed by atoms with Crippen LogP contribution < -0.4 is 10.6 Å². The molecular formula is C13H26N2O4S. The zero-order valence-electron chi connectivity index (χ0n) is 12.5. The maximum absolute atomic E-state index is 11.5. The molecule has 0 unspecified atom stereocenters. The highest BCUT2D eigenvalue weighted by molar-refractivity contribution is 7.98. The fourth-order valence-electron chi connectivity index (χ4n) is 1.40. The number of carboxylic acid groups (broad SMARTS) is 1. The Morgan fingerprint density at radius 3 is 2.60 bits per heavy atom. The maximum Gasteiger partial charge on any atom is 0.326 e. The molecule has 0 heterocycles. The van der Waals surface area contributed by atoms with Crippen molar-refractivity contribution in [1.29, 1.82) is 0 Å². The highest BCUT2D eigenvalue weighted by atomic mass is 32.2. The highest BCUT2D eigenvalue weighted by Crippen LogP contribution is 2.00. The van der Waals surface area contributed by atoms with Gasteiger partial charge in [-0.3, -0.25) is 0 Å². The SMILES string of the molecule is CSCC[C@@H](NC(=O)NCCCOCC(C)C)C(=O)O. The molecule has 20 heavy (non-hydrogen) atoms. The van der Waals surface area contributed by atoms with Gasteiger partial charge in [0, 0.05) is 19.8 Å². The summed E-state index contributed by atoms with van der Waals surface area (Å²) in [5, 5.41) is 14.1. The quantitative estimate of drug-likeness (QED) is 0.504. The van der Waals surface area contributed by atoms with Crippen LogP contribution in [0.2, 0.25) is 0 Å². The molecule has 0 saturated heterocycles. The summed E-state index contributed by atoms with van der Waals surface area (Å²) in [6.45, 7) is 5.92. The number of carbonyl (C=O) groups is 2. The number of thioether (sulfide) groups is 1. The Balaban J connectivity index is 3.71. The first-order valence-electron chi connectivity index (χ1n) is 6.81. The van der Waals surface area contributed by atoms with Gasteiger partial charge in [-0.25, -0.2) is 9.59 Å². The summed E-state index contributed by atoms with van der Waals surface area (Å²) in [6, 6.07) is -1.28. The first-order valence-corrected chi connectivity index (χ1v) is 8.20. The lowest BCUT2D eigenvalue weighted by molar-refractivity contribution is -0.139. The molecule has 1 atom stereocenters. The minimum Gasteiger partial charge on any atom is -0.480 e. The van der Waals surface area contributed by atoms with Crippen LogP contribution in [-0.4, -0.2) is 54.9 Å². The normalized spacial score (nSPS) is 12.2. The Morgan fingerprint density at radius 1 is 1.35 bits per heavy atom. The molecule has 3 N–H and O–H groups in total. The van der Waals surface area contributed by atoms with E-state index >= 15 is 0 Å². The predicted octanol–water partition coefficient (Wildman–Crippen LogP) is 1.55. The number of hydrogen-bond acceptors (Lipinski definition) is 4. The fraction of sp³-hybridized carbons (Fsp3) is 0.846. The van der Waals surface area contributed by atoms with Crippen molar-refractivity contribution in [3.05, 3.63) is 0 Å². The van der Waals surface area contributed by atoms with E-state index in [9.17, 15) is 9.59 Å². The van der Waals surface area contributed by atoms with Gasteiger partial charge in [-0.05, 0) is 30.8 Å². The third kappa shape index (κ3) is 10.9. The van der Waals surface area contributed by atoms with Crippen molar-refractivity contribution in [3.63, 3.8) is 0 Å². The van der Waals surface area contributed by atoms with Gasteiger partial charge >= 0.3 is 12.0 Å². The van der Waals surface area contributed by atoms with E-state index in [-0.39, 0.29) is 0 Å². The van der Waals surface area contributed by atoms with Gasteiger partial charge in [-0.2, -0.15) is 11.8 Å². The van der Waals surface area contributed by atoms with Crippen LogP contribution in [-0.2, 0) is 9.53 Å². The maximum atomic E-state index is 11.5. The van der Waals surface area contributed by atoms with E-state index in [0.29, 0.717) is 44.3 Å². The molecule has 0 saturated carbocycles. The molecule has 0 fully saturated rings. The Hall–Kier alpha value is -0.950. The molecule has 6 nitrogen and oxygen atoms in total. The summed E-state index contributed by atoms with van der Waals surface area (Å²) in [5.74, 6) is 0.189. The van der Waals surface area contributed by atoms with Crippen molar-refractivity contribution in [2.24, 2.45) is 5.92 Å². The lowest BCUT2D eigenvalue weighted by Crippen LogP contribution is -2.46. The number of carboxylic acids is 1. The van der Waals surface area contributed by atoms with Crippen LogP contribution in [0.3, 0.4) is 0 Å². The summed E-state index contributed by atoms with van der Waals surface area (Å²) in [6.07, 6.45) is 3.03. The molecule has 0 aromatic heterocycles. The summed E-state index contributed by atoms with van der Waals surface area (Å²) >= 11 is 1.55. The van der Waals surface area contributed by atoms with Gasteiger partial charge in [0.25, 0.3) is 0 Å². The van der Waals surface area contributed by atoms with E-state index in [0.717, 1.165) is 0 Å². The molecule has 0 aromatic carbocycles. The van der Waals surface area contributed by atoms with Crippen LogP contribution in [0.15, 0.2) is 0 Å². The lowest BCUT2D eigenvalue weighted by atomic mass is 10.2. The van der Waals surface area contributed by atoms with Crippen molar-refractivity contribution in [2.75, 3.05) is 31.8 Å². The third-order valence-corrected chi connectivity index (χ3v) is 3.06. The Kier molecular flexibility index (Phi) is 11.3. The van der Waals surface area contributed by atoms with Crippen LogP contribution in [0.5, 0.6) is 0 Å². The number of ether oxygens (including phenoxy) is 1. The summed E-state index contributed by atoms with van der Waals surface area (Å²) < 4.78 is 5.38. The van der Waals surface area contributed by atoms with Gasteiger partial charge in [0.1, 0.15) is 6.04 Å². The molecule has 7 heteroatoms. The van der Waals surface area contributed by atoms with Gasteiger partial charge in [0.05, 0.1) is 0 Å². The average Bonchev–Trinajstić information content (AvgIpc) is 2.37. The van der Waals surface area contributed by atoms with Crippen LogP contribution in [0, 0.1) is 5.92 Å². The second-order valence-electron chi connectivity index (χ2n) is 4.89. The number of nitrogens with one attached hydrogen (secondary N) is 2. The van der Waals surface area contributed by atoms with E-state index in [1.165, 1.54) is 0 Å². The number of urea groups is 1. The van der Waals surface area contributed by atoms with E-state index in [1.807, 2.05) is 6.26 Å². The van der Waals surface area contributed by atoms with Crippen LogP contribution in [0.1, 0.15) is 26.7 Å². The standard InChI is InChI=1S/C13H26N2O4S/c1-10(2)9-19-7-4-6-14-13(18)15-11(12(16)17)5-8-20-3/h10-11H,4-9H2,1-3H3,(H,16,17)(H2,14,15,18)/t11-/m1/s1. The summed E-state index contributed by atoms with van der Waals surface area (Å²) in [4.78, 5) is 22.5. The average molecular weight is 306 g/mol. The van der Waals surface area contributed by atoms with Crippen molar-refractivity contribution in [2.45, 2.75) is 32.7 Å². The van der Waals surface area contributed by atoms with Gasteiger partial charge in [-0.15, -0.1) is 0 Å².